The molecule has 0 radical (unpaired) electrons. The highest BCUT2D eigenvalue weighted by atomic mass is 16.1. The SMILES string of the molecule is CC1CCCC(C2CC2)C1/C=C/CCC1CC(=O)C2CCCCC2C1=O. The number of rotatable bonds is 5. The minimum absolute atomic E-state index is 0.00880. The van der Waals surface area contributed by atoms with Crippen molar-refractivity contribution in [2.75, 3.05) is 0 Å². The predicted molar refractivity (Wildman–Crippen MR) is 105 cm³/mol. The van der Waals surface area contributed by atoms with Crippen molar-refractivity contribution in [1.82, 2.24) is 0 Å². The average molecular weight is 357 g/mol. The summed E-state index contributed by atoms with van der Waals surface area (Å²) in [6.07, 6.45) is 18.5. The Balaban J connectivity index is 1.31. The number of hydrogen-bond acceptors (Lipinski definition) is 2. The Hall–Kier alpha value is -0.920. The summed E-state index contributed by atoms with van der Waals surface area (Å²) in [5.41, 5.74) is 0. The molecule has 2 heteroatoms. The van der Waals surface area contributed by atoms with Gasteiger partial charge >= 0.3 is 0 Å². The van der Waals surface area contributed by atoms with E-state index in [9.17, 15) is 9.59 Å². The van der Waals surface area contributed by atoms with Crippen LogP contribution < -0.4 is 0 Å². The van der Waals surface area contributed by atoms with Gasteiger partial charge in [-0.15, -0.1) is 0 Å². The van der Waals surface area contributed by atoms with Crippen LogP contribution in [0, 0.1) is 41.4 Å². The van der Waals surface area contributed by atoms with Gasteiger partial charge in [0, 0.05) is 24.2 Å². The highest BCUT2D eigenvalue weighted by Gasteiger charge is 2.43. The van der Waals surface area contributed by atoms with Crippen molar-refractivity contribution in [3.05, 3.63) is 12.2 Å². The first-order chi connectivity index (χ1) is 12.6. The van der Waals surface area contributed by atoms with Gasteiger partial charge in [-0.05, 0) is 68.6 Å². The van der Waals surface area contributed by atoms with Crippen LogP contribution >= 0.6 is 0 Å². The van der Waals surface area contributed by atoms with Crippen LogP contribution in [0.4, 0.5) is 0 Å². The highest BCUT2D eigenvalue weighted by Crippen LogP contribution is 2.49. The molecule has 6 atom stereocenters. The summed E-state index contributed by atoms with van der Waals surface area (Å²) in [5, 5.41) is 0. The average Bonchev–Trinajstić information content (AvgIpc) is 3.48. The number of hydrogen-bond donors (Lipinski definition) is 0. The van der Waals surface area contributed by atoms with Gasteiger partial charge in [-0.1, -0.05) is 44.8 Å². The number of allylic oxidation sites excluding steroid dienone is 2. The number of carbonyl (C=O) groups excluding carboxylic acids is 2. The molecule has 4 aliphatic rings. The summed E-state index contributed by atoms with van der Waals surface area (Å²) < 4.78 is 0. The van der Waals surface area contributed by atoms with Gasteiger partial charge in [-0.25, -0.2) is 0 Å². The van der Waals surface area contributed by atoms with Crippen molar-refractivity contribution in [3.8, 4) is 0 Å². The first kappa shape index (κ1) is 18.4. The number of fused-ring (bicyclic) bond motifs is 1. The minimum Gasteiger partial charge on any atom is -0.299 e. The quantitative estimate of drug-likeness (QED) is 0.588. The summed E-state index contributed by atoms with van der Waals surface area (Å²) in [6.45, 7) is 2.43. The van der Waals surface area contributed by atoms with Crippen LogP contribution in [-0.2, 0) is 9.59 Å². The molecule has 0 heterocycles. The normalized spacial score (nSPS) is 41.4. The van der Waals surface area contributed by atoms with Gasteiger partial charge in [0.1, 0.15) is 11.6 Å². The van der Waals surface area contributed by atoms with E-state index in [0.29, 0.717) is 18.0 Å². The Kier molecular flexibility index (Phi) is 5.66. The van der Waals surface area contributed by atoms with Crippen molar-refractivity contribution in [3.63, 3.8) is 0 Å². The molecule has 0 aromatic carbocycles. The lowest BCUT2D eigenvalue weighted by Crippen LogP contribution is -2.42. The van der Waals surface area contributed by atoms with Gasteiger partial charge in [-0.2, -0.15) is 0 Å². The second kappa shape index (κ2) is 7.98. The van der Waals surface area contributed by atoms with E-state index >= 15 is 0 Å². The molecule has 4 fully saturated rings. The maximum atomic E-state index is 12.8. The molecule has 0 saturated heterocycles. The summed E-state index contributed by atoms with van der Waals surface area (Å²) in [4.78, 5) is 25.3. The predicted octanol–water partition coefficient (Wildman–Crippen LogP) is 5.75. The van der Waals surface area contributed by atoms with Crippen LogP contribution in [0.25, 0.3) is 0 Å². The molecule has 0 aromatic rings. The molecule has 0 spiro atoms. The Morgan fingerprint density at radius 3 is 2.46 bits per heavy atom. The summed E-state index contributed by atoms with van der Waals surface area (Å²) in [7, 11) is 0. The second-order valence-corrected chi connectivity index (χ2v) is 9.76. The first-order valence-corrected chi connectivity index (χ1v) is 11.4. The molecule has 0 aromatic heterocycles. The van der Waals surface area contributed by atoms with E-state index in [1.54, 1.807) is 0 Å². The lowest BCUT2D eigenvalue weighted by Gasteiger charge is -2.37. The highest BCUT2D eigenvalue weighted by molar-refractivity contribution is 5.98. The van der Waals surface area contributed by atoms with E-state index in [1.165, 1.54) is 32.1 Å². The van der Waals surface area contributed by atoms with Crippen LogP contribution in [0.1, 0.15) is 84.0 Å². The molecule has 2 nitrogen and oxygen atoms in total. The van der Waals surface area contributed by atoms with Gasteiger partial charge in [0.25, 0.3) is 0 Å². The van der Waals surface area contributed by atoms with E-state index in [0.717, 1.165) is 62.2 Å². The Morgan fingerprint density at radius 2 is 1.69 bits per heavy atom. The topological polar surface area (TPSA) is 34.1 Å². The van der Waals surface area contributed by atoms with Crippen molar-refractivity contribution in [1.29, 1.82) is 0 Å². The van der Waals surface area contributed by atoms with E-state index in [4.69, 9.17) is 0 Å². The zero-order chi connectivity index (χ0) is 18.1. The maximum Gasteiger partial charge on any atom is 0.140 e. The molecule has 26 heavy (non-hydrogen) atoms. The van der Waals surface area contributed by atoms with Crippen molar-refractivity contribution in [2.45, 2.75) is 84.0 Å². The van der Waals surface area contributed by atoms with E-state index in [1.807, 2.05) is 0 Å². The summed E-state index contributed by atoms with van der Waals surface area (Å²) >= 11 is 0. The molecule has 6 unspecified atom stereocenters. The van der Waals surface area contributed by atoms with Crippen LogP contribution in [0.15, 0.2) is 12.2 Å². The molecule has 144 valence electrons. The molecule has 0 bridgehead atoms. The van der Waals surface area contributed by atoms with Gasteiger partial charge in [0.15, 0.2) is 0 Å². The van der Waals surface area contributed by atoms with Crippen molar-refractivity contribution >= 4 is 11.6 Å². The molecule has 4 rings (SSSR count). The van der Waals surface area contributed by atoms with Gasteiger partial charge in [-0.3, -0.25) is 9.59 Å². The Labute approximate surface area is 159 Å². The second-order valence-electron chi connectivity index (χ2n) is 9.76. The molecule has 0 aliphatic heterocycles. The fourth-order valence-electron chi connectivity index (χ4n) is 6.34. The van der Waals surface area contributed by atoms with E-state index < -0.39 is 0 Å². The van der Waals surface area contributed by atoms with Gasteiger partial charge in [0.05, 0.1) is 0 Å². The smallest absolute Gasteiger partial charge is 0.140 e. The Morgan fingerprint density at radius 1 is 0.923 bits per heavy atom. The lowest BCUT2D eigenvalue weighted by atomic mass is 9.65. The largest absolute Gasteiger partial charge is 0.299 e. The van der Waals surface area contributed by atoms with Crippen LogP contribution in [0.3, 0.4) is 0 Å². The van der Waals surface area contributed by atoms with Gasteiger partial charge in [0.2, 0.25) is 0 Å². The molecule has 4 aliphatic carbocycles. The first-order valence-electron chi connectivity index (χ1n) is 11.4. The van der Waals surface area contributed by atoms with Crippen molar-refractivity contribution < 1.29 is 9.59 Å². The fourth-order valence-corrected chi connectivity index (χ4v) is 6.34. The van der Waals surface area contributed by atoms with Crippen LogP contribution in [0.5, 0.6) is 0 Å². The summed E-state index contributed by atoms with van der Waals surface area (Å²) in [6, 6.07) is 0. The third-order valence-electron chi connectivity index (χ3n) is 8.01. The molecular weight excluding hydrogens is 320 g/mol. The third-order valence-corrected chi connectivity index (χ3v) is 8.01. The number of carbonyl (C=O) groups is 2. The maximum absolute atomic E-state index is 12.8. The summed E-state index contributed by atoms with van der Waals surface area (Å²) in [5.74, 6) is 4.43. The standard InChI is InChI=1S/C24H36O2/c1-16-7-6-12-20(17-13-14-17)19(16)9-3-2-8-18-15-23(25)21-10-4-5-11-22(21)24(18)26/h3,9,16-22H,2,4-8,10-15H2,1H3/b9-3+. The number of ketones is 2. The fraction of sp³-hybridized carbons (Fsp3) is 0.833. The van der Waals surface area contributed by atoms with E-state index in [-0.39, 0.29) is 17.8 Å². The molecule has 4 saturated carbocycles. The van der Waals surface area contributed by atoms with Crippen molar-refractivity contribution in [2.24, 2.45) is 41.4 Å². The van der Waals surface area contributed by atoms with Crippen LogP contribution in [-0.4, -0.2) is 11.6 Å². The third kappa shape index (κ3) is 3.85. The van der Waals surface area contributed by atoms with Crippen LogP contribution in [0.2, 0.25) is 0 Å². The molecular formula is C24H36O2. The zero-order valence-corrected chi connectivity index (χ0v) is 16.5. The monoisotopic (exact) mass is 356 g/mol. The molecule has 0 amide bonds. The minimum atomic E-state index is 0.00880. The van der Waals surface area contributed by atoms with E-state index in [2.05, 4.69) is 19.1 Å². The van der Waals surface area contributed by atoms with Gasteiger partial charge < -0.3 is 0 Å². The molecule has 0 N–H and O–H groups in total. The number of Topliss-reactive ketones (excluding diaryl/α,β-unsaturated/α-hetero) is 2. The lowest BCUT2D eigenvalue weighted by molar-refractivity contribution is -0.144. The Bertz CT molecular complexity index is 559. The zero-order valence-electron chi connectivity index (χ0n) is 16.5.